The minimum atomic E-state index is -1.06. The van der Waals surface area contributed by atoms with Gasteiger partial charge in [-0.15, -0.1) is 6.58 Å². The Morgan fingerprint density at radius 3 is 2.88 bits per heavy atom. The van der Waals surface area contributed by atoms with Gasteiger partial charge in [-0.25, -0.2) is 4.79 Å². The molecule has 0 bridgehead atoms. The molecule has 1 saturated heterocycles. The third-order valence-corrected chi connectivity index (χ3v) is 6.85. The second-order valence-corrected chi connectivity index (χ2v) is 9.19. The fourth-order valence-corrected chi connectivity index (χ4v) is 5.29. The lowest BCUT2D eigenvalue weighted by atomic mass is 9.81. The van der Waals surface area contributed by atoms with E-state index in [2.05, 4.69) is 16.9 Å². The lowest BCUT2D eigenvalue weighted by molar-refractivity contribution is -0.133. The zero-order valence-corrected chi connectivity index (χ0v) is 19.0. The lowest BCUT2D eigenvalue weighted by Crippen LogP contribution is -2.53. The van der Waals surface area contributed by atoms with E-state index in [0.717, 1.165) is 27.7 Å². The van der Waals surface area contributed by atoms with Crippen molar-refractivity contribution >= 4 is 34.4 Å². The second kappa shape index (κ2) is 7.93. The summed E-state index contributed by atoms with van der Waals surface area (Å²) >= 11 is 6.30. The zero-order chi connectivity index (χ0) is 23.3. The van der Waals surface area contributed by atoms with Crippen LogP contribution in [0.5, 0.6) is 5.75 Å². The van der Waals surface area contributed by atoms with Gasteiger partial charge < -0.3 is 15.4 Å². The quantitative estimate of drug-likeness (QED) is 0.292. The van der Waals surface area contributed by atoms with Crippen molar-refractivity contribution in [2.24, 2.45) is 0 Å². The molecule has 2 aliphatic rings. The lowest BCUT2D eigenvalue weighted by Gasteiger charge is -2.42. The number of amides is 3. The highest BCUT2D eigenvalue weighted by molar-refractivity contribution is 6.31. The summed E-state index contributed by atoms with van der Waals surface area (Å²) < 4.78 is 0. The maximum Gasteiger partial charge on any atom is 0.328 e. The Morgan fingerprint density at radius 2 is 2.12 bits per heavy atom. The number of carbonyl (C=O) groups is 2. The molecule has 3 heterocycles. The van der Waals surface area contributed by atoms with Crippen LogP contribution >= 0.6 is 11.6 Å². The van der Waals surface area contributed by atoms with Crippen LogP contribution in [0.1, 0.15) is 29.8 Å². The Hall–Kier alpha value is -3.29. The van der Waals surface area contributed by atoms with Gasteiger partial charge >= 0.3 is 6.03 Å². The Kier molecular flexibility index (Phi) is 5.18. The molecule has 1 aromatic heterocycles. The highest BCUT2D eigenvalue weighted by Gasteiger charge is 2.60. The van der Waals surface area contributed by atoms with E-state index in [-0.39, 0.29) is 24.2 Å². The minimum Gasteiger partial charge on any atom is -0.508 e. The van der Waals surface area contributed by atoms with Crippen LogP contribution in [0.3, 0.4) is 0 Å². The third-order valence-electron chi connectivity index (χ3n) is 6.62. The summed E-state index contributed by atoms with van der Waals surface area (Å²) in [5.74, 6) is -0.121. The van der Waals surface area contributed by atoms with Crippen molar-refractivity contribution in [1.82, 2.24) is 20.1 Å². The first kappa shape index (κ1) is 21.6. The van der Waals surface area contributed by atoms with Crippen molar-refractivity contribution in [2.45, 2.75) is 24.9 Å². The Balaban J connectivity index is 1.66. The van der Waals surface area contributed by atoms with Gasteiger partial charge in [-0.3, -0.25) is 14.6 Å². The minimum absolute atomic E-state index is 0.101. The number of rotatable bonds is 6. The number of fused-ring (bicyclic) bond motifs is 4. The van der Waals surface area contributed by atoms with Crippen LogP contribution in [0.2, 0.25) is 5.02 Å². The van der Waals surface area contributed by atoms with Gasteiger partial charge in [-0.2, -0.15) is 0 Å². The average molecular weight is 465 g/mol. The van der Waals surface area contributed by atoms with Gasteiger partial charge in [0.1, 0.15) is 17.3 Å². The number of aromatic nitrogens is 1. The number of H-pyrrole nitrogens is 1. The molecular formula is C25H25ClN4O3. The summed E-state index contributed by atoms with van der Waals surface area (Å²) in [4.78, 5) is 33.8. The van der Waals surface area contributed by atoms with Crippen LogP contribution in [-0.2, 0) is 11.2 Å². The molecule has 3 aromatic rings. The number of hydrogen-bond donors (Lipinski definition) is 3. The summed E-state index contributed by atoms with van der Waals surface area (Å²) in [6.07, 6.45) is 2.11. The predicted octanol–water partition coefficient (Wildman–Crippen LogP) is 3.97. The summed E-state index contributed by atoms with van der Waals surface area (Å²) in [5.41, 5.74) is 2.36. The molecule has 0 saturated carbocycles. The molecule has 2 aliphatic heterocycles. The van der Waals surface area contributed by atoms with E-state index in [1.165, 1.54) is 4.90 Å². The fourth-order valence-electron chi connectivity index (χ4n) is 5.12. The molecule has 1 fully saturated rings. The number of phenolic OH excluding ortho intramolecular Hbond substituents is 1. The van der Waals surface area contributed by atoms with Crippen LogP contribution in [0, 0.1) is 0 Å². The first-order valence-electron chi connectivity index (χ1n) is 10.9. The molecule has 0 unspecified atom stereocenters. The largest absolute Gasteiger partial charge is 0.508 e. The molecular weight excluding hydrogens is 440 g/mol. The van der Waals surface area contributed by atoms with Crippen molar-refractivity contribution in [2.75, 3.05) is 19.6 Å². The predicted molar refractivity (Wildman–Crippen MR) is 127 cm³/mol. The molecule has 5 rings (SSSR count). The Morgan fingerprint density at radius 1 is 1.30 bits per heavy atom. The highest BCUT2D eigenvalue weighted by Crippen LogP contribution is 2.49. The number of imide groups is 1. The normalized spacial score (nSPS) is 22.1. The number of nitrogens with zero attached hydrogens (tertiary/aromatic N) is 2. The Bertz CT molecular complexity index is 1290. The van der Waals surface area contributed by atoms with Crippen LogP contribution < -0.4 is 5.32 Å². The van der Waals surface area contributed by atoms with E-state index in [4.69, 9.17) is 11.6 Å². The van der Waals surface area contributed by atoms with Crippen molar-refractivity contribution in [1.29, 1.82) is 0 Å². The van der Waals surface area contributed by atoms with E-state index in [9.17, 15) is 14.7 Å². The van der Waals surface area contributed by atoms with E-state index in [1.807, 2.05) is 31.2 Å². The van der Waals surface area contributed by atoms with Gasteiger partial charge in [0.2, 0.25) is 0 Å². The molecule has 33 heavy (non-hydrogen) atoms. The van der Waals surface area contributed by atoms with Crippen LogP contribution in [-0.4, -0.2) is 57.0 Å². The monoisotopic (exact) mass is 464 g/mol. The molecule has 8 heteroatoms. The van der Waals surface area contributed by atoms with Gasteiger partial charge in [0.25, 0.3) is 5.91 Å². The summed E-state index contributed by atoms with van der Waals surface area (Å²) in [6.45, 7) is 6.85. The number of phenols is 1. The first-order valence-corrected chi connectivity index (χ1v) is 11.3. The molecule has 7 nitrogen and oxygen atoms in total. The van der Waals surface area contributed by atoms with Gasteiger partial charge in [0.15, 0.2) is 0 Å². The molecule has 170 valence electrons. The number of carbonyl (C=O) groups excluding carboxylic acids is 2. The molecule has 3 N–H and O–H groups in total. The molecule has 2 aromatic carbocycles. The maximum atomic E-state index is 13.7. The van der Waals surface area contributed by atoms with Crippen molar-refractivity contribution < 1.29 is 14.7 Å². The number of hydrogen-bond acceptors (Lipinski definition) is 4. The number of aromatic amines is 1. The van der Waals surface area contributed by atoms with Gasteiger partial charge in [-0.1, -0.05) is 29.8 Å². The molecule has 3 amide bonds. The number of halogens is 1. The van der Waals surface area contributed by atoms with E-state index in [1.54, 1.807) is 29.2 Å². The summed E-state index contributed by atoms with van der Waals surface area (Å²) in [5, 5.41) is 14.9. The van der Waals surface area contributed by atoms with Crippen molar-refractivity contribution in [3.8, 4) is 5.75 Å². The molecule has 2 atom stereocenters. The number of benzene rings is 2. The average Bonchev–Trinajstić information content (AvgIpc) is 3.22. The van der Waals surface area contributed by atoms with E-state index in [0.29, 0.717) is 24.5 Å². The molecule has 0 aliphatic carbocycles. The molecule has 0 spiro atoms. The standard InChI is InChI=1S/C25H25ClN4O3/c1-3-9-27-10-11-29-23(32)25(2)14-19-18-13-16(26)7-8-20(18)28-21(19)22(30(25)24(29)33)15-5-4-6-17(31)12-15/h3-8,12-13,22,27-28,31H,1,9-11,14H2,2H3/t22-,25+/m1/s1. The highest BCUT2D eigenvalue weighted by atomic mass is 35.5. The SMILES string of the molecule is C=CCNCCN1C(=O)N2[C@H](c3cccc(O)c3)c3[nH]c4ccc(Cl)cc4c3C[C@@]2(C)C1=O. The van der Waals surface area contributed by atoms with Crippen molar-refractivity contribution in [3.63, 3.8) is 0 Å². The Labute approximate surface area is 196 Å². The summed E-state index contributed by atoms with van der Waals surface area (Å²) in [7, 11) is 0. The van der Waals surface area contributed by atoms with E-state index >= 15 is 0 Å². The topological polar surface area (TPSA) is 88.7 Å². The number of aromatic hydroxyl groups is 1. The number of urea groups is 1. The van der Waals surface area contributed by atoms with E-state index < -0.39 is 11.6 Å². The maximum absolute atomic E-state index is 13.7. The van der Waals surface area contributed by atoms with Gasteiger partial charge in [-0.05, 0) is 48.4 Å². The third kappa shape index (κ3) is 3.31. The van der Waals surface area contributed by atoms with Gasteiger partial charge in [0, 0.05) is 47.7 Å². The fraction of sp³-hybridized carbons (Fsp3) is 0.280. The summed E-state index contributed by atoms with van der Waals surface area (Å²) in [6, 6.07) is 11.6. The number of nitrogens with one attached hydrogen (secondary N) is 2. The first-order chi connectivity index (χ1) is 15.8. The van der Waals surface area contributed by atoms with Crippen LogP contribution in [0.4, 0.5) is 4.79 Å². The van der Waals surface area contributed by atoms with Crippen LogP contribution in [0.25, 0.3) is 10.9 Å². The van der Waals surface area contributed by atoms with Crippen molar-refractivity contribution in [3.05, 3.63) is 77.0 Å². The second-order valence-electron chi connectivity index (χ2n) is 8.76. The zero-order valence-electron chi connectivity index (χ0n) is 18.3. The molecule has 0 radical (unpaired) electrons. The van der Waals surface area contributed by atoms with Crippen LogP contribution in [0.15, 0.2) is 55.1 Å². The smallest absolute Gasteiger partial charge is 0.328 e. The van der Waals surface area contributed by atoms with Gasteiger partial charge in [0.05, 0.1) is 0 Å².